The Morgan fingerprint density at radius 2 is 1.80 bits per heavy atom. The fraction of sp³-hybridized carbons (Fsp3) is 0.526. The fourth-order valence-corrected chi connectivity index (χ4v) is 3.14. The van der Waals surface area contributed by atoms with E-state index < -0.39 is 5.97 Å². The molecule has 1 aliphatic carbocycles. The number of hydrogen-bond acceptors (Lipinski definition) is 4. The lowest BCUT2D eigenvalue weighted by Crippen LogP contribution is -2.45. The molecule has 0 radical (unpaired) electrons. The van der Waals surface area contributed by atoms with Gasteiger partial charge in [-0.15, -0.1) is 0 Å². The average Bonchev–Trinajstić information content (AvgIpc) is 2.57. The van der Waals surface area contributed by atoms with Crippen molar-refractivity contribution in [2.45, 2.75) is 46.1 Å². The molecule has 2 amide bonds. The van der Waals surface area contributed by atoms with Gasteiger partial charge >= 0.3 is 5.97 Å². The van der Waals surface area contributed by atoms with Crippen LogP contribution in [0.4, 0.5) is 5.69 Å². The molecule has 0 aromatic heterocycles. The molecule has 0 saturated heterocycles. The van der Waals surface area contributed by atoms with E-state index in [1.54, 1.807) is 24.3 Å². The van der Waals surface area contributed by atoms with Gasteiger partial charge in [0.15, 0.2) is 6.61 Å². The monoisotopic (exact) mass is 346 g/mol. The van der Waals surface area contributed by atoms with Gasteiger partial charge in [-0.1, -0.05) is 26.7 Å². The standard InChI is InChI=1S/C19H26N2O4/c1-12-5-4-6-17(13(12)2)21-18(23)11-25-19(24)15-7-9-16(10-8-15)20-14(3)22/h7-10,12-13,17H,4-6,11H2,1-3H3,(H,20,22)(H,21,23)/t12-,13+,17-/m0/s1. The summed E-state index contributed by atoms with van der Waals surface area (Å²) in [5.74, 6) is 0.000424. The molecule has 1 aromatic rings. The van der Waals surface area contributed by atoms with Crippen molar-refractivity contribution in [2.24, 2.45) is 11.8 Å². The Kier molecular flexibility index (Phi) is 6.56. The number of anilines is 1. The van der Waals surface area contributed by atoms with Crippen molar-refractivity contribution >= 4 is 23.5 Å². The van der Waals surface area contributed by atoms with Crippen LogP contribution in [0.3, 0.4) is 0 Å². The maximum absolute atomic E-state index is 12.0. The maximum atomic E-state index is 12.0. The van der Waals surface area contributed by atoms with Gasteiger partial charge in [0, 0.05) is 18.7 Å². The second kappa shape index (κ2) is 8.65. The quantitative estimate of drug-likeness (QED) is 0.803. The predicted molar refractivity (Wildman–Crippen MR) is 95.1 cm³/mol. The van der Waals surface area contributed by atoms with Gasteiger partial charge in [-0.2, -0.15) is 0 Å². The van der Waals surface area contributed by atoms with Gasteiger partial charge in [-0.05, 0) is 42.5 Å². The number of carbonyl (C=O) groups excluding carboxylic acids is 3. The van der Waals surface area contributed by atoms with Crippen molar-refractivity contribution in [1.82, 2.24) is 5.32 Å². The van der Waals surface area contributed by atoms with Gasteiger partial charge in [0.2, 0.25) is 5.91 Å². The van der Waals surface area contributed by atoms with E-state index in [0.717, 1.165) is 12.8 Å². The van der Waals surface area contributed by atoms with Crippen molar-refractivity contribution in [3.63, 3.8) is 0 Å². The first-order valence-electron chi connectivity index (χ1n) is 8.71. The zero-order chi connectivity index (χ0) is 18.4. The maximum Gasteiger partial charge on any atom is 0.338 e. The summed E-state index contributed by atoms with van der Waals surface area (Å²) >= 11 is 0. The van der Waals surface area contributed by atoms with Crippen molar-refractivity contribution in [1.29, 1.82) is 0 Å². The molecule has 2 rings (SSSR count). The van der Waals surface area contributed by atoms with Crippen LogP contribution in [0.25, 0.3) is 0 Å². The number of rotatable bonds is 5. The summed E-state index contributed by atoms with van der Waals surface area (Å²) in [5.41, 5.74) is 0.934. The Balaban J connectivity index is 1.80. The summed E-state index contributed by atoms with van der Waals surface area (Å²) in [6.45, 7) is 5.48. The molecule has 0 bridgehead atoms. The highest BCUT2D eigenvalue weighted by molar-refractivity contribution is 5.93. The van der Waals surface area contributed by atoms with Crippen LogP contribution < -0.4 is 10.6 Å². The first-order chi connectivity index (χ1) is 11.9. The van der Waals surface area contributed by atoms with Gasteiger partial charge < -0.3 is 15.4 Å². The Bertz CT molecular complexity index is 627. The predicted octanol–water partition coefficient (Wildman–Crippen LogP) is 2.74. The largest absolute Gasteiger partial charge is 0.452 e. The second-order valence-electron chi connectivity index (χ2n) is 6.78. The summed E-state index contributed by atoms with van der Waals surface area (Å²) < 4.78 is 5.08. The highest BCUT2D eigenvalue weighted by Gasteiger charge is 2.28. The molecule has 6 nitrogen and oxygen atoms in total. The number of carbonyl (C=O) groups is 3. The van der Waals surface area contributed by atoms with E-state index in [0.29, 0.717) is 23.1 Å². The zero-order valence-corrected chi connectivity index (χ0v) is 15.0. The third kappa shape index (κ3) is 5.59. The van der Waals surface area contributed by atoms with Gasteiger partial charge in [-0.25, -0.2) is 4.79 Å². The molecule has 0 heterocycles. The van der Waals surface area contributed by atoms with Crippen LogP contribution in [0.1, 0.15) is 50.4 Å². The summed E-state index contributed by atoms with van der Waals surface area (Å²) in [6, 6.07) is 6.48. The fourth-order valence-electron chi connectivity index (χ4n) is 3.14. The lowest BCUT2D eigenvalue weighted by Gasteiger charge is -2.34. The van der Waals surface area contributed by atoms with Crippen LogP contribution in [0.2, 0.25) is 0 Å². The molecule has 3 atom stereocenters. The number of amides is 2. The number of ether oxygens (including phenoxy) is 1. The van der Waals surface area contributed by atoms with E-state index >= 15 is 0 Å². The lowest BCUT2D eigenvalue weighted by atomic mass is 9.78. The van der Waals surface area contributed by atoms with E-state index in [9.17, 15) is 14.4 Å². The minimum atomic E-state index is -0.561. The van der Waals surface area contributed by atoms with Gasteiger partial charge in [-0.3, -0.25) is 9.59 Å². The highest BCUT2D eigenvalue weighted by Crippen LogP contribution is 2.29. The molecule has 1 saturated carbocycles. The summed E-state index contributed by atoms with van der Waals surface area (Å²) in [5, 5.41) is 5.59. The lowest BCUT2D eigenvalue weighted by molar-refractivity contribution is -0.125. The summed E-state index contributed by atoms with van der Waals surface area (Å²) in [4.78, 5) is 35.0. The second-order valence-corrected chi connectivity index (χ2v) is 6.78. The average molecular weight is 346 g/mol. The molecule has 0 spiro atoms. The summed E-state index contributed by atoms with van der Waals surface area (Å²) in [7, 11) is 0. The molecule has 0 unspecified atom stereocenters. The first-order valence-corrected chi connectivity index (χ1v) is 8.71. The van der Waals surface area contributed by atoms with Crippen molar-refractivity contribution < 1.29 is 19.1 Å². The van der Waals surface area contributed by atoms with Crippen molar-refractivity contribution in [2.75, 3.05) is 11.9 Å². The van der Waals surface area contributed by atoms with Crippen LogP contribution >= 0.6 is 0 Å². The Morgan fingerprint density at radius 3 is 2.44 bits per heavy atom. The molecule has 1 fully saturated rings. The molecule has 1 aliphatic rings. The number of benzene rings is 1. The summed E-state index contributed by atoms with van der Waals surface area (Å²) in [6.07, 6.45) is 3.27. The Morgan fingerprint density at radius 1 is 1.12 bits per heavy atom. The van der Waals surface area contributed by atoms with Gasteiger partial charge in [0.1, 0.15) is 0 Å². The minimum absolute atomic E-state index is 0.145. The SMILES string of the molecule is CC(=O)Nc1ccc(C(=O)OCC(=O)N[C@H]2CCC[C@H](C)[C@H]2C)cc1. The molecule has 136 valence electrons. The third-order valence-corrected chi connectivity index (χ3v) is 4.83. The van der Waals surface area contributed by atoms with Crippen LogP contribution in [-0.4, -0.2) is 30.4 Å². The van der Waals surface area contributed by atoms with E-state index in [1.165, 1.54) is 13.3 Å². The van der Waals surface area contributed by atoms with E-state index in [2.05, 4.69) is 24.5 Å². The number of nitrogens with one attached hydrogen (secondary N) is 2. The van der Waals surface area contributed by atoms with Gasteiger partial charge in [0.25, 0.3) is 5.91 Å². The van der Waals surface area contributed by atoms with E-state index in [-0.39, 0.29) is 24.5 Å². The van der Waals surface area contributed by atoms with Crippen molar-refractivity contribution in [3.05, 3.63) is 29.8 Å². The van der Waals surface area contributed by atoms with Crippen LogP contribution in [-0.2, 0) is 14.3 Å². The smallest absolute Gasteiger partial charge is 0.338 e. The van der Waals surface area contributed by atoms with E-state index in [4.69, 9.17) is 4.74 Å². The number of hydrogen-bond donors (Lipinski definition) is 2. The first kappa shape index (κ1) is 19.0. The molecule has 1 aromatic carbocycles. The molecule has 25 heavy (non-hydrogen) atoms. The Hall–Kier alpha value is -2.37. The van der Waals surface area contributed by atoms with Crippen LogP contribution in [0.5, 0.6) is 0 Å². The normalized spacial score (nSPS) is 22.8. The third-order valence-electron chi connectivity index (χ3n) is 4.83. The van der Waals surface area contributed by atoms with Gasteiger partial charge in [0.05, 0.1) is 5.56 Å². The highest BCUT2D eigenvalue weighted by atomic mass is 16.5. The van der Waals surface area contributed by atoms with E-state index in [1.807, 2.05) is 0 Å². The molecule has 0 aliphatic heterocycles. The van der Waals surface area contributed by atoms with Crippen LogP contribution in [0.15, 0.2) is 24.3 Å². The topological polar surface area (TPSA) is 84.5 Å². The molecular weight excluding hydrogens is 320 g/mol. The molecular formula is C19H26N2O4. The Labute approximate surface area is 148 Å². The molecule has 2 N–H and O–H groups in total. The molecule has 6 heteroatoms. The zero-order valence-electron chi connectivity index (χ0n) is 15.0. The number of esters is 1. The van der Waals surface area contributed by atoms with Crippen molar-refractivity contribution in [3.8, 4) is 0 Å². The van der Waals surface area contributed by atoms with Crippen LogP contribution in [0, 0.1) is 11.8 Å². The minimum Gasteiger partial charge on any atom is -0.452 e.